The molecule has 0 spiro atoms. The molecule has 0 saturated heterocycles. The number of carbonyl (C=O) groups excluding carboxylic acids is 1. The van der Waals surface area contributed by atoms with E-state index < -0.39 is 0 Å². The molecule has 1 heterocycles. The Morgan fingerprint density at radius 3 is 2.89 bits per heavy atom. The summed E-state index contributed by atoms with van der Waals surface area (Å²) in [5.41, 5.74) is 0. The summed E-state index contributed by atoms with van der Waals surface area (Å²) in [6, 6.07) is 0. The van der Waals surface area contributed by atoms with Crippen molar-refractivity contribution < 1.29 is 14.6 Å². The standard InChI is InChI=1S/C11H20N4O3S/c1-3-4-12-11-14-13-9(19-11)10(17)15(5-7-16)6-8-18-2/h16H,3-8H2,1-2H3,(H,12,14). The van der Waals surface area contributed by atoms with Gasteiger partial charge < -0.3 is 20.1 Å². The monoisotopic (exact) mass is 288 g/mol. The third kappa shape index (κ3) is 5.09. The van der Waals surface area contributed by atoms with Gasteiger partial charge in [0, 0.05) is 26.7 Å². The summed E-state index contributed by atoms with van der Waals surface area (Å²) in [4.78, 5) is 13.7. The molecule has 108 valence electrons. The number of aliphatic hydroxyl groups excluding tert-OH is 1. The van der Waals surface area contributed by atoms with Gasteiger partial charge in [-0.1, -0.05) is 18.3 Å². The highest BCUT2D eigenvalue weighted by atomic mass is 32.1. The number of amides is 1. The molecule has 0 aromatic carbocycles. The molecule has 1 amide bonds. The maximum absolute atomic E-state index is 12.2. The first kappa shape index (κ1) is 15.8. The van der Waals surface area contributed by atoms with Crippen molar-refractivity contribution in [3.05, 3.63) is 5.01 Å². The molecule has 1 rings (SSSR count). The van der Waals surface area contributed by atoms with Crippen molar-refractivity contribution in [2.24, 2.45) is 0 Å². The van der Waals surface area contributed by atoms with Crippen LogP contribution in [-0.4, -0.2) is 66.1 Å². The molecule has 19 heavy (non-hydrogen) atoms. The average Bonchev–Trinajstić information content (AvgIpc) is 2.89. The fourth-order valence-electron chi connectivity index (χ4n) is 1.39. The minimum absolute atomic E-state index is 0.0881. The number of carbonyl (C=O) groups is 1. The number of hydrogen-bond donors (Lipinski definition) is 2. The molecule has 1 aromatic heterocycles. The number of rotatable bonds is 9. The van der Waals surface area contributed by atoms with Gasteiger partial charge in [0.25, 0.3) is 5.91 Å². The van der Waals surface area contributed by atoms with E-state index in [-0.39, 0.29) is 19.1 Å². The van der Waals surface area contributed by atoms with Crippen LogP contribution in [0.2, 0.25) is 0 Å². The van der Waals surface area contributed by atoms with Crippen LogP contribution in [0.3, 0.4) is 0 Å². The van der Waals surface area contributed by atoms with E-state index in [1.165, 1.54) is 16.2 Å². The van der Waals surface area contributed by atoms with Gasteiger partial charge in [0.1, 0.15) is 0 Å². The molecule has 8 heteroatoms. The zero-order chi connectivity index (χ0) is 14.1. The van der Waals surface area contributed by atoms with Crippen molar-refractivity contribution in [1.29, 1.82) is 0 Å². The Morgan fingerprint density at radius 1 is 1.47 bits per heavy atom. The number of aromatic nitrogens is 2. The molecule has 0 radical (unpaired) electrons. The highest BCUT2D eigenvalue weighted by molar-refractivity contribution is 7.17. The molecule has 0 fully saturated rings. The first-order valence-electron chi connectivity index (χ1n) is 6.19. The van der Waals surface area contributed by atoms with E-state index in [4.69, 9.17) is 9.84 Å². The summed E-state index contributed by atoms with van der Waals surface area (Å²) in [5.74, 6) is -0.229. The Labute approximate surface area is 116 Å². The topological polar surface area (TPSA) is 87.6 Å². The first-order valence-corrected chi connectivity index (χ1v) is 7.01. The van der Waals surface area contributed by atoms with Crippen LogP contribution in [0.1, 0.15) is 23.1 Å². The smallest absolute Gasteiger partial charge is 0.285 e. The maximum atomic E-state index is 12.2. The number of ether oxygens (including phenoxy) is 1. The van der Waals surface area contributed by atoms with Crippen LogP contribution in [-0.2, 0) is 4.74 Å². The number of nitrogens with zero attached hydrogens (tertiary/aromatic N) is 3. The van der Waals surface area contributed by atoms with E-state index in [1.54, 1.807) is 7.11 Å². The molecule has 0 aliphatic heterocycles. The Bertz CT molecular complexity index is 386. The van der Waals surface area contributed by atoms with Crippen LogP contribution in [0, 0.1) is 0 Å². The summed E-state index contributed by atoms with van der Waals surface area (Å²) in [6.45, 7) is 3.87. The van der Waals surface area contributed by atoms with Gasteiger partial charge in [-0.2, -0.15) is 0 Å². The first-order chi connectivity index (χ1) is 9.22. The highest BCUT2D eigenvalue weighted by Crippen LogP contribution is 2.16. The zero-order valence-corrected chi connectivity index (χ0v) is 12.1. The average molecular weight is 288 g/mol. The number of aliphatic hydroxyl groups is 1. The van der Waals surface area contributed by atoms with E-state index in [0.29, 0.717) is 23.3 Å². The third-order valence-electron chi connectivity index (χ3n) is 2.36. The van der Waals surface area contributed by atoms with Gasteiger partial charge in [0.05, 0.1) is 13.2 Å². The van der Waals surface area contributed by atoms with Crippen LogP contribution >= 0.6 is 11.3 Å². The van der Waals surface area contributed by atoms with Crippen molar-refractivity contribution in [1.82, 2.24) is 15.1 Å². The number of methoxy groups -OCH3 is 1. The van der Waals surface area contributed by atoms with Gasteiger partial charge in [-0.05, 0) is 6.42 Å². The van der Waals surface area contributed by atoms with E-state index in [2.05, 4.69) is 15.5 Å². The van der Waals surface area contributed by atoms with E-state index in [0.717, 1.165) is 13.0 Å². The quantitative estimate of drug-likeness (QED) is 0.685. The Hall–Kier alpha value is -1.25. The van der Waals surface area contributed by atoms with Crippen LogP contribution in [0.4, 0.5) is 5.13 Å². The van der Waals surface area contributed by atoms with Gasteiger partial charge in [-0.15, -0.1) is 10.2 Å². The second kappa shape index (κ2) is 8.78. The van der Waals surface area contributed by atoms with E-state index >= 15 is 0 Å². The molecule has 0 atom stereocenters. The lowest BCUT2D eigenvalue weighted by atomic mass is 10.4. The van der Waals surface area contributed by atoms with Crippen molar-refractivity contribution >= 4 is 22.4 Å². The molecule has 0 unspecified atom stereocenters. The van der Waals surface area contributed by atoms with Crippen LogP contribution in [0.25, 0.3) is 0 Å². The Morgan fingerprint density at radius 2 is 2.26 bits per heavy atom. The molecule has 0 aliphatic carbocycles. The van der Waals surface area contributed by atoms with Gasteiger partial charge in [-0.25, -0.2) is 0 Å². The fraction of sp³-hybridized carbons (Fsp3) is 0.727. The molecular formula is C11H20N4O3S. The second-order valence-electron chi connectivity index (χ2n) is 3.85. The normalized spacial score (nSPS) is 10.5. The van der Waals surface area contributed by atoms with Crippen LogP contribution < -0.4 is 5.32 Å². The second-order valence-corrected chi connectivity index (χ2v) is 4.83. The molecular weight excluding hydrogens is 268 g/mol. The summed E-state index contributed by atoms with van der Waals surface area (Å²) >= 11 is 1.22. The zero-order valence-electron chi connectivity index (χ0n) is 11.3. The summed E-state index contributed by atoms with van der Waals surface area (Å²) < 4.78 is 4.94. The maximum Gasteiger partial charge on any atom is 0.285 e. The summed E-state index contributed by atoms with van der Waals surface area (Å²) in [7, 11) is 1.57. The minimum Gasteiger partial charge on any atom is -0.395 e. The minimum atomic E-state index is -0.229. The highest BCUT2D eigenvalue weighted by Gasteiger charge is 2.19. The summed E-state index contributed by atoms with van der Waals surface area (Å²) in [5, 5.41) is 20.8. The number of nitrogens with one attached hydrogen (secondary N) is 1. The van der Waals surface area contributed by atoms with Gasteiger partial charge in [0.2, 0.25) is 10.1 Å². The predicted octanol–water partition coefficient (Wildman–Crippen LogP) is 0.441. The van der Waals surface area contributed by atoms with Crippen LogP contribution in [0.5, 0.6) is 0 Å². The Kier molecular flexibility index (Phi) is 7.31. The van der Waals surface area contributed by atoms with Crippen molar-refractivity contribution in [2.45, 2.75) is 13.3 Å². The van der Waals surface area contributed by atoms with Crippen LogP contribution in [0.15, 0.2) is 0 Å². The van der Waals surface area contributed by atoms with E-state index in [9.17, 15) is 4.79 Å². The third-order valence-corrected chi connectivity index (χ3v) is 3.23. The number of anilines is 1. The SMILES string of the molecule is CCCNc1nnc(C(=O)N(CCO)CCOC)s1. The molecule has 7 nitrogen and oxygen atoms in total. The largest absolute Gasteiger partial charge is 0.395 e. The van der Waals surface area contributed by atoms with Gasteiger partial charge in [-0.3, -0.25) is 4.79 Å². The van der Waals surface area contributed by atoms with Gasteiger partial charge >= 0.3 is 0 Å². The lowest BCUT2D eigenvalue weighted by molar-refractivity contribution is 0.0655. The van der Waals surface area contributed by atoms with Crippen molar-refractivity contribution in [2.75, 3.05) is 45.3 Å². The number of hydrogen-bond acceptors (Lipinski definition) is 7. The molecule has 0 saturated carbocycles. The lowest BCUT2D eigenvalue weighted by Gasteiger charge is -2.19. The predicted molar refractivity (Wildman–Crippen MR) is 73.6 cm³/mol. The fourth-order valence-corrected chi connectivity index (χ4v) is 2.12. The van der Waals surface area contributed by atoms with Gasteiger partial charge in [0.15, 0.2) is 0 Å². The molecule has 1 aromatic rings. The summed E-state index contributed by atoms with van der Waals surface area (Å²) in [6.07, 6.45) is 0.980. The van der Waals surface area contributed by atoms with Crippen molar-refractivity contribution in [3.8, 4) is 0 Å². The molecule has 0 aliphatic rings. The van der Waals surface area contributed by atoms with E-state index in [1.807, 2.05) is 6.92 Å². The molecule has 2 N–H and O–H groups in total. The lowest BCUT2D eigenvalue weighted by Crippen LogP contribution is -2.36. The van der Waals surface area contributed by atoms with Crippen molar-refractivity contribution in [3.63, 3.8) is 0 Å². The molecule has 0 bridgehead atoms. The Balaban J connectivity index is 2.64.